The van der Waals surface area contributed by atoms with E-state index in [0.29, 0.717) is 5.69 Å². The Kier molecular flexibility index (Phi) is 2.03. The first-order chi connectivity index (χ1) is 5.09. The third kappa shape index (κ3) is 1.86. The van der Waals surface area contributed by atoms with Gasteiger partial charge in [-0.1, -0.05) is 13.8 Å². The maximum Gasteiger partial charge on any atom is 0.222 e. The van der Waals surface area contributed by atoms with Crippen LogP contribution < -0.4 is 5.73 Å². The lowest BCUT2D eigenvalue weighted by Gasteiger charge is -2.03. The molecule has 1 aromatic heterocycles. The van der Waals surface area contributed by atoms with Crippen molar-refractivity contribution in [1.82, 2.24) is 9.97 Å². The topological polar surface area (TPSA) is 51.8 Å². The largest absolute Gasteiger partial charge is 0.368 e. The number of rotatable bonds is 1. The number of hydrogen-bond acceptors (Lipinski definition) is 3. The number of anilines is 1. The highest BCUT2D eigenvalue weighted by Gasteiger charge is 2.04. The lowest BCUT2D eigenvalue weighted by molar-refractivity contribution is 0.575. The van der Waals surface area contributed by atoms with Crippen LogP contribution >= 0.6 is 0 Å². The molecule has 60 valence electrons. The van der Waals surface area contributed by atoms with Crippen molar-refractivity contribution < 1.29 is 4.39 Å². The van der Waals surface area contributed by atoms with Crippen molar-refractivity contribution in [2.45, 2.75) is 19.8 Å². The van der Waals surface area contributed by atoms with Gasteiger partial charge in [0.25, 0.3) is 0 Å². The lowest BCUT2D eigenvalue weighted by atomic mass is 10.1. The van der Waals surface area contributed by atoms with Gasteiger partial charge in [-0.15, -0.1) is 0 Å². The molecule has 0 aliphatic carbocycles. The first-order valence-corrected chi connectivity index (χ1v) is 3.39. The summed E-state index contributed by atoms with van der Waals surface area (Å²) in [5, 5.41) is 0. The summed E-state index contributed by atoms with van der Waals surface area (Å²) in [7, 11) is 0. The Morgan fingerprint density at radius 2 is 2.09 bits per heavy atom. The first-order valence-electron chi connectivity index (χ1n) is 3.39. The van der Waals surface area contributed by atoms with Gasteiger partial charge in [0.05, 0.1) is 5.69 Å². The molecule has 0 spiro atoms. The molecule has 11 heavy (non-hydrogen) atoms. The Bertz CT molecular complexity index is 240. The van der Waals surface area contributed by atoms with Crippen LogP contribution in [0.25, 0.3) is 0 Å². The van der Waals surface area contributed by atoms with Gasteiger partial charge in [-0.05, 0) is 5.92 Å². The molecule has 0 unspecified atom stereocenters. The number of nitrogen functional groups attached to an aromatic ring is 1. The van der Waals surface area contributed by atoms with E-state index in [0.717, 1.165) is 0 Å². The predicted molar refractivity (Wildman–Crippen MR) is 40.5 cm³/mol. The Morgan fingerprint density at radius 3 is 2.55 bits per heavy atom. The molecule has 0 fully saturated rings. The summed E-state index contributed by atoms with van der Waals surface area (Å²) < 4.78 is 12.6. The third-order valence-corrected chi connectivity index (χ3v) is 1.32. The van der Waals surface area contributed by atoms with Gasteiger partial charge in [0, 0.05) is 6.07 Å². The van der Waals surface area contributed by atoms with Crippen molar-refractivity contribution in [3.05, 3.63) is 17.7 Å². The van der Waals surface area contributed by atoms with Crippen LogP contribution in [-0.4, -0.2) is 9.97 Å². The van der Waals surface area contributed by atoms with Gasteiger partial charge in [0.2, 0.25) is 11.9 Å². The summed E-state index contributed by atoms with van der Waals surface area (Å²) in [5.74, 6) is -0.398. The standard InChI is InChI=1S/C7H10FN3/c1-4(2)5-3-6(8)11-7(9)10-5/h3-4H,1-2H3,(H2,9,10,11). The van der Waals surface area contributed by atoms with Crippen LogP contribution in [0.3, 0.4) is 0 Å². The monoisotopic (exact) mass is 155 g/mol. The molecular weight excluding hydrogens is 145 g/mol. The fourth-order valence-electron chi connectivity index (χ4n) is 0.749. The van der Waals surface area contributed by atoms with Crippen LogP contribution in [0.15, 0.2) is 6.07 Å². The highest BCUT2D eigenvalue weighted by Crippen LogP contribution is 2.12. The normalized spacial score (nSPS) is 10.5. The molecule has 0 aliphatic rings. The second-order valence-electron chi connectivity index (χ2n) is 2.63. The van der Waals surface area contributed by atoms with Crippen LogP contribution in [0, 0.1) is 5.95 Å². The van der Waals surface area contributed by atoms with E-state index in [1.165, 1.54) is 6.07 Å². The van der Waals surface area contributed by atoms with E-state index in [9.17, 15) is 4.39 Å². The summed E-state index contributed by atoms with van der Waals surface area (Å²) in [4.78, 5) is 7.18. The van der Waals surface area contributed by atoms with Crippen LogP contribution in [0.5, 0.6) is 0 Å². The zero-order valence-corrected chi connectivity index (χ0v) is 6.50. The highest BCUT2D eigenvalue weighted by atomic mass is 19.1. The van der Waals surface area contributed by atoms with Crippen molar-refractivity contribution in [1.29, 1.82) is 0 Å². The molecule has 0 atom stereocenters. The summed E-state index contributed by atoms with van der Waals surface area (Å²) in [6, 6.07) is 1.29. The fourth-order valence-corrected chi connectivity index (χ4v) is 0.749. The summed E-state index contributed by atoms with van der Waals surface area (Å²) in [6.45, 7) is 3.84. The Balaban J connectivity index is 3.08. The van der Waals surface area contributed by atoms with Crippen molar-refractivity contribution >= 4 is 5.95 Å². The number of nitrogens with zero attached hydrogens (tertiary/aromatic N) is 2. The zero-order chi connectivity index (χ0) is 8.43. The van der Waals surface area contributed by atoms with E-state index >= 15 is 0 Å². The number of nitrogens with two attached hydrogens (primary N) is 1. The maximum atomic E-state index is 12.6. The van der Waals surface area contributed by atoms with E-state index in [-0.39, 0.29) is 11.9 Å². The third-order valence-electron chi connectivity index (χ3n) is 1.32. The van der Waals surface area contributed by atoms with Gasteiger partial charge in [-0.3, -0.25) is 0 Å². The zero-order valence-electron chi connectivity index (χ0n) is 6.50. The average molecular weight is 155 g/mol. The maximum absolute atomic E-state index is 12.6. The van der Waals surface area contributed by atoms with Gasteiger partial charge < -0.3 is 5.73 Å². The Hall–Kier alpha value is -1.19. The van der Waals surface area contributed by atoms with Crippen molar-refractivity contribution in [2.75, 3.05) is 5.73 Å². The molecule has 0 bridgehead atoms. The molecular formula is C7H10FN3. The molecule has 0 aliphatic heterocycles. The summed E-state index contributed by atoms with van der Waals surface area (Å²) in [6.07, 6.45) is 0. The van der Waals surface area contributed by atoms with E-state index in [2.05, 4.69) is 9.97 Å². The number of halogens is 1. The predicted octanol–water partition coefficient (Wildman–Crippen LogP) is 1.32. The van der Waals surface area contributed by atoms with Gasteiger partial charge in [-0.2, -0.15) is 9.37 Å². The first kappa shape index (κ1) is 7.91. The molecule has 1 aromatic rings. The molecule has 3 nitrogen and oxygen atoms in total. The molecule has 1 rings (SSSR count). The fraction of sp³-hybridized carbons (Fsp3) is 0.429. The molecule has 0 saturated carbocycles. The second-order valence-corrected chi connectivity index (χ2v) is 2.63. The smallest absolute Gasteiger partial charge is 0.222 e. The van der Waals surface area contributed by atoms with Crippen LogP contribution in [0.4, 0.5) is 10.3 Å². The summed E-state index contributed by atoms with van der Waals surface area (Å²) >= 11 is 0. The van der Waals surface area contributed by atoms with E-state index in [1.807, 2.05) is 13.8 Å². The minimum atomic E-state index is -0.568. The quantitative estimate of drug-likeness (QED) is 0.622. The SMILES string of the molecule is CC(C)c1cc(F)nc(N)n1. The Morgan fingerprint density at radius 1 is 1.45 bits per heavy atom. The molecule has 0 radical (unpaired) electrons. The van der Waals surface area contributed by atoms with Gasteiger partial charge in [0.1, 0.15) is 0 Å². The lowest BCUT2D eigenvalue weighted by Crippen LogP contribution is -2.02. The molecule has 4 heteroatoms. The minimum absolute atomic E-state index is 0.00583. The molecule has 0 saturated heterocycles. The number of hydrogen-bond donors (Lipinski definition) is 1. The number of aromatic nitrogens is 2. The van der Waals surface area contributed by atoms with Gasteiger partial charge in [-0.25, -0.2) is 4.98 Å². The van der Waals surface area contributed by atoms with Crippen LogP contribution in [0.1, 0.15) is 25.5 Å². The van der Waals surface area contributed by atoms with E-state index in [1.54, 1.807) is 0 Å². The van der Waals surface area contributed by atoms with Crippen molar-refractivity contribution in [2.24, 2.45) is 0 Å². The summed E-state index contributed by atoms with van der Waals surface area (Å²) in [5.41, 5.74) is 5.87. The Labute approximate surface area is 64.5 Å². The van der Waals surface area contributed by atoms with Gasteiger partial charge >= 0.3 is 0 Å². The van der Waals surface area contributed by atoms with Crippen molar-refractivity contribution in [3.8, 4) is 0 Å². The van der Waals surface area contributed by atoms with E-state index in [4.69, 9.17) is 5.73 Å². The van der Waals surface area contributed by atoms with E-state index < -0.39 is 5.95 Å². The van der Waals surface area contributed by atoms with Crippen LogP contribution in [0.2, 0.25) is 0 Å². The van der Waals surface area contributed by atoms with Gasteiger partial charge in [0.15, 0.2) is 0 Å². The average Bonchev–Trinajstić information content (AvgIpc) is 1.85. The highest BCUT2D eigenvalue weighted by molar-refractivity contribution is 5.19. The minimum Gasteiger partial charge on any atom is -0.368 e. The van der Waals surface area contributed by atoms with Crippen LogP contribution in [-0.2, 0) is 0 Å². The molecule has 0 aromatic carbocycles. The molecule has 2 N–H and O–H groups in total. The second kappa shape index (κ2) is 2.82. The molecule has 1 heterocycles. The molecule has 0 amide bonds. The van der Waals surface area contributed by atoms with Crippen molar-refractivity contribution in [3.63, 3.8) is 0 Å².